The fourth-order valence-corrected chi connectivity index (χ4v) is 6.08. The van der Waals surface area contributed by atoms with Gasteiger partial charge in [0.15, 0.2) is 0 Å². The average molecular weight is 659 g/mol. The molecule has 2 amide bonds. The number of amides is 2. The van der Waals surface area contributed by atoms with Crippen molar-refractivity contribution in [3.05, 3.63) is 93.5 Å². The van der Waals surface area contributed by atoms with Crippen molar-refractivity contribution in [3.8, 4) is 0 Å². The van der Waals surface area contributed by atoms with E-state index in [1.165, 1.54) is 29.2 Å². The Morgan fingerprint density at radius 1 is 0.953 bits per heavy atom. The van der Waals surface area contributed by atoms with Crippen molar-refractivity contribution < 1.29 is 31.2 Å². The van der Waals surface area contributed by atoms with Crippen molar-refractivity contribution in [2.45, 2.75) is 57.3 Å². The zero-order valence-corrected chi connectivity index (χ0v) is 26.1. The molecule has 0 aromatic heterocycles. The zero-order chi connectivity index (χ0) is 31.9. The SMILES string of the molecule is CCCNC(=O)[C@@H](CC)N(Cc1ccc(Cl)cc1)C(=O)CN(c1ccc(Cl)c(C(F)(F)F)c1)S(=O)(=O)c1ccc(C)cc1. The fraction of sp³-hybridized carbons (Fsp3) is 0.333. The third-order valence-electron chi connectivity index (χ3n) is 6.63. The molecule has 0 heterocycles. The predicted octanol–water partition coefficient (Wildman–Crippen LogP) is 6.85. The van der Waals surface area contributed by atoms with Gasteiger partial charge in [0, 0.05) is 18.1 Å². The average Bonchev–Trinajstić information content (AvgIpc) is 2.95. The molecule has 0 bridgehead atoms. The highest BCUT2D eigenvalue weighted by Gasteiger charge is 2.37. The van der Waals surface area contributed by atoms with Gasteiger partial charge in [0.05, 0.1) is 21.2 Å². The smallest absolute Gasteiger partial charge is 0.354 e. The van der Waals surface area contributed by atoms with Crippen molar-refractivity contribution in [3.63, 3.8) is 0 Å². The minimum absolute atomic E-state index is 0.0824. The lowest BCUT2D eigenvalue weighted by Gasteiger charge is -2.33. The van der Waals surface area contributed by atoms with E-state index in [0.29, 0.717) is 33.9 Å². The van der Waals surface area contributed by atoms with E-state index in [1.807, 2.05) is 6.92 Å². The van der Waals surface area contributed by atoms with Crippen LogP contribution < -0.4 is 9.62 Å². The van der Waals surface area contributed by atoms with Crippen LogP contribution in [-0.4, -0.2) is 44.3 Å². The number of nitrogens with one attached hydrogen (secondary N) is 1. The summed E-state index contributed by atoms with van der Waals surface area (Å²) in [5.41, 5.74) is -0.309. The number of carbonyl (C=O) groups is 2. The Hall–Kier alpha value is -3.28. The van der Waals surface area contributed by atoms with Gasteiger partial charge in [-0.15, -0.1) is 0 Å². The van der Waals surface area contributed by atoms with Gasteiger partial charge in [0.25, 0.3) is 10.0 Å². The normalized spacial score (nSPS) is 12.5. The van der Waals surface area contributed by atoms with Crippen LogP contribution in [-0.2, 0) is 32.3 Å². The molecule has 0 radical (unpaired) electrons. The molecule has 1 atom stereocenters. The molecule has 3 aromatic rings. The van der Waals surface area contributed by atoms with E-state index in [4.69, 9.17) is 23.2 Å². The molecule has 0 aliphatic heterocycles. The van der Waals surface area contributed by atoms with Crippen molar-refractivity contribution in [1.29, 1.82) is 0 Å². The number of carbonyl (C=O) groups excluding carboxylic acids is 2. The summed E-state index contributed by atoms with van der Waals surface area (Å²) in [5, 5.41) is 2.59. The van der Waals surface area contributed by atoms with Crippen molar-refractivity contribution in [2.24, 2.45) is 0 Å². The van der Waals surface area contributed by atoms with E-state index in [2.05, 4.69) is 5.32 Å². The fourth-order valence-electron chi connectivity index (χ4n) is 4.32. The van der Waals surface area contributed by atoms with Crippen LogP contribution in [0.25, 0.3) is 0 Å². The van der Waals surface area contributed by atoms with Crippen LogP contribution in [0.2, 0.25) is 10.0 Å². The first-order chi connectivity index (χ1) is 20.2. The first kappa shape index (κ1) is 34.2. The van der Waals surface area contributed by atoms with Gasteiger partial charge in [-0.2, -0.15) is 13.2 Å². The van der Waals surface area contributed by atoms with Crippen LogP contribution >= 0.6 is 23.2 Å². The molecule has 0 saturated heterocycles. The summed E-state index contributed by atoms with van der Waals surface area (Å²) in [5.74, 6) is -1.24. The Bertz CT molecular complexity index is 1530. The first-order valence-corrected chi connectivity index (χ1v) is 15.7. The Balaban J connectivity index is 2.14. The number of sulfonamides is 1. The number of halogens is 5. The van der Waals surface area contributed by atoms with Crippen LogP contribution in [0.15, 0.2) is 71.6 Å². The number of anilines is 1. The topological polar surface area (TPSA) is 86.8 Å². The molecule has 7 nitrogen and oxygen atoms in total. The number of aryl methyl sites for hydroxylation is 1. The first-order valence-electron chi connectivity index (χ1n) is 13.5. The van der Waals surface area contributed by atoms with Gasteiger partial charge in [-0.25, -0.2) is 8.42 Å². The molecular weight excluding hydrogens is 626 g/mol. The van der Waals surface area contributed by atoms with Crippen LogP contribution in [0.1, 0.15) is 43.4 Å². The maximum absolute atomic E-state index is 14.0. The minimum atomic E-state index is -4.89. The lowest BCUT2D eigenvalue weighted by Crippen LogP contribution is -2.52. The van der Waals surface area contributed by atoms with E-state index in [1.54, 1.807) is 38.1 Å². The quantitative estimate of drug-likeness (QED) is 0.231. The van der Waals surface area contributed by atoms with Gasteiger partial charge in [0.2, 0.25) is 11.8 Å². The van der Waals surface area contributed by atoms with Crippen molar-refractivity contribution in [2.75, 3.05) is 17.4 Å². The molecule has 3 rings (SSSR count). The summed E-state index contributed by atoms with van der Waals surface area (Å²) >= 11 is 11.8. The standard InChI is InChI=1S/C30H32Cl2F3N3O4S/c1-4-16-36-29(40)27(5-2)37(18-21-8-10-22(31)11-9-21)28(39)19-38(43(41,42)24-13-6-20(3)7-14-24)23-12-15-26(32)25(17-23)30(33,34)35/h6-15,17,27H,4-5,16,18-19H2,1-3H3,(H,36,40)/t27-/m1/s1. The summed E-state index contributed by atoms with van der Waals surface area (Å²) in [6.45, 7) is 4.70. The molecule has 1 N–H and O–H groups in total. The Morgan fingerprint density at radius 3 is 2.14 bits per heavy atom. The van der Waals surface area contributed by atoms with Gasteiger partial charge in [0.1, 0.15) is 12.6 Å². The molecule has 0 aliphatic rings. The molecule has 0 aliphatic carbocycles. The molecular formula is C30H32Cl2F3N3O4S. The summed E-state index contributed by atoms with van der Waals surface area (Å²) in [4.78, 5) is 28.1. The number of benzene rings is 3. The van der Waals surface area contributed by atoms with Crippen LogP contribution in [0.4, 0.5) is 18.9 Å². The second-order valence-corrected chi connectivity index (χ2v) is 12.6. The molecule has 232 valence electrons. The lowest BCUT2D eigenvalue weighted by atomic mass is 10.1. The van der Waals surface area contributed by atoms with Gasteiger partial charge in [-0.05, 0) is 67.8 Å². The van der Waals surface area contributed by atoms with Crippen LogP contribution in [0, 0.1) is 6.92 Å². The number of hydrogen-bond acceptors (Lipinski definition) is 4. The Labute approximate surface area is 259 Å². The van der Waals surface area contributed by atoms with E-state index < -0.39 is 56.9 Å². The maximum atomic E-state index is 14.0. The number of alkyl halides is 3. The summed E-state index contributed by atoms with van der Waals surface area (Å²) < 4.78 is 69.8. The summed E-state index contributed by atoms with van der Waals surface area (Å²) in [7, 11) is -4.56. The second-order valence-electron chi connectivity index (χ2n) is 9.85. The summed E-state index contributed by atoms with van der Waals surface area (Å²) in [6, 6.07) is 13.9. The summed E-state index contributed by atoms with van der Waals surface area (Å²) in [6.07, 6.45) is -4.05. The maximum Gasteiger partial charge on any atom is 0.417 e. The third kappa shape index (κ3) is 8.64. The highest BCUT2D eigenvalue weighted by atomic mass is 35.5. The number of hydrogen-bond donors (Lipinski definition) is 1. The lowest BCUT2D eigenvalue weighted by molar-refractivity contribution is -0.140. The van der Waals surface area contributed by atoms with E-state index in [0.717, 1.165) is 17.7 Å². The van der Waals surface area contributed by atoms with E-state index in [-0.39, 0.29) is 17.9 Å². The minimum Gasteiger partial charge on any atom is -0.354 e. The molecule has 0 unspecified atom stereocenters. The zero-order valence-electron chi connectivity index (χ0n) is 23.8. The largest absolute Gasteiger partial charge is 0.417 e. The van der Waals surface area contributed by atoms with Crippen LogP contribution in [0.5, 0.6) is 0 Å². The van der Waals surface area contributed by atoms with Gasteiger partial charge >= 0.3 is 6.18 Å². The van der Waals surface area contributed by atoms with Crippen molar-refractivity contribution in [1.82, 2.24) is 10.2 Å². The Morgan fingerprint density at radius 2 is 1.58 bits per heavy atom. The second kappa shape index (κ2) is 14.5. The third-order valence-corrected chi connectivity index (χ3v) is 9.00. The number of nitrogens with zero attached hydrogens (tertiary/aromatic N) is 2. The molecule has 0 saturated carbocycles. The molecule has 0 spiro atoms. The number of rotatable bonds is 12. The van der Waals surface area contributed by atoms with E-state index in [9.17, 15) is 31.2 Å². The molecule has 43 heavy (non-hydrogen) atoms. The van der Waals surface area contributed by atoms with Gasteiger partial charge in [-0.1, -0.05) is 66.9 Å². The van der Waals surface area contributed by atoms with Crippen LogP contribution in [0.3, 0.4) is 0 Å². The Kier molecular flexibility index (Phi) is 11.5. The molecule has 13 heteroatoms. The monoisotopic (exact) mass is 657 g/mol. The highest BCUT2D eigenvalue weighted by molar-refractivity contribution is 7.92. The predicted molar refractivity (Wildman–Crippen MR) is 162 cm³/mol. The van der Waals surface area contributed by atoms with Gasteiger partial charge < -0.3 is 10.2 Å². The molecule has 3 aromatic carbocycles. The molecule has 0 fully saturated rings. The highest BCUT2D eigenvalue weighted by Crippen LogP contribution is 2.38. The van der Waals surface area contributed by atoms with E-state index >= 15 is 0 Å². The van der Waals surface area contributed by atoms with Gasteiger partial charge in [-0.3, -0.25) is 13.9 Å². The van der Waals surface area contributed by atoms with Crippen molar-refractivity contribution >= 4 is 50.7 Å².